The second-order valence-electron chi connectivity index (χ2n) is 20.5. The Morgan fingerprint density at radius 3 is 0.980 bits per heavy atom. The smallest absolute Gasteiger partial charge is 0.358 e. The van der Waals surface area contributed by atoms with Gasteiger partial charge in [0, 0.05) is 55.0 Å². The molecule has 3 aromatic carbocycles. The highest BCUT2D eigenvalue weighted by atomic mass is 36.0. The topological polar surface area (TPSA) is 417 Å². The van der Waals surface area contributed by atoms with E-state index < -0.39 is 50.9 Å². The van der Waals surface area contributed by atoms with E-state index in [2.05, 4.69) is 119 Å². The van der Waals surface area contributed by atoms with Crippen LogP contribution in [0.3, 0.4) is 0 Å². The first kappa shape index (κ1) is 83.0. The van der Waals surface area contributed by atoms with Gasteiger partial charge >= 0.3 is 29.8 Å². The van der Waals surface area contributed by atoms with Crippen molar-refractivity contribution in [3.8, 4) is 0 Å². The number of halogens is 5. The second kappa shape index (κ2) is 44.6. The van der Waals surface area contributed by atoms with Crippen LogP contribution in [0.1, 0.15) is 112 Å². The van der Waals surface area contributed by atoms with Gasteiger partial charge in [-0.2, -0.15) is 5.10 Å². The molecule has 0 aliphatic heterocycles. The normalized spacial score (nSPS) is 9.87. The Bertz CT molecular complexity index is 4270. The monoisotopic (exact) mass is 1510 g/mol. The molecule has 10 aromatic rings. The van der Waals surface area contributed by atoms with Crippen molar-refractivity contribution in [3.63, 3.8) is 0 Å². The Hall–Kier alpha value is -10.4. The molecule has 0 aliphatic carbocycles. The average molecular weight is 1510 g/mol. The number of aliphatic hydroxyl groups is 1. The van der Waals surface area contributed by atoms with Gasteiger partial charge in [-0.1, -0.05) is 89.4 Å². The van der Waals surface area contributed by atoms with E-state index in [1.165, 1.54) is 57.2 Å². The van der Waals surface area contributed by atoms with Gasteiger partial charge in [-0.3, -0.25) is 9.59 Å². The number of esters is 3. The number of pyridine rings is 3. The average Bonchev–Trinajstić information content (AvgIpc) is 0.891. The van der Waals surface area contributed by atoms with Gasteiger partial charge in [0.2, 0.25) is 9.23 Å². The van der Waals surface area contributed by atoms with E-state index in [0.717, 1.165) is 51.4 Å². The van der Waals surface area contributed by atoms with E-state index in [0.29, 0.717) is 46.0 Å². The van der Waals surface area contributed by atoms with Crippen molar-refractivity contribution >= 4 is 139 Å². The summed E-state index contributed by atoms with van der Waals surface area (Å²) in [6, 6.07) is 44.7. The predicted octanol–water partition coefficient (Wildman–Crippen LogP) is 11.3. The first-order valence-corrected chi connectivity index (χ1v) is 36.5. The Morgan fingerprint density at radius 1 is 0.436 bits per heavy atom. The van der Waals surface area contributed by atoms with Crippen LogP contribution in [0.15, 0.2) is 176 Å². The van der Waals surface area contributed by atoms with Gasteiger partial charge in [-0.15, -0.1) is 53.0 Å². The van der Waals surface area contributed by atoms with E-state index in [-0.39, 0.29) is 60.6 Å². The predicted molar refractivity (Wildman–Crippen MR) is 381 cm³/mol. The molecule has 0 spiro atoms. The third-order valence-corrected chi connectivity index (χ3v) is 12.5. The van der Waals surface area contributed by atoms with E-state index >= 15 is 0 Å². The number of aliphatic hydroxyl groups excluding tert-OH is 1. The van der Waals surface area contributed by atoms with Gasteiger partial charge in [0.05, 0.1) is 33.6 Å². The number of carbonyl (C=O) groups is 7. The molecular formula is C66H62AlCl5N14O14S. The first-order chi connectivity index (χ1) is 48.2. The lowest BCUT2D eigenvalue weighted by Crippen LogP contribution is -2.16. The number of carboxylic acids is 2. The molecule has 0 saturated heterocycles. The quantitative estimate of drug-likeness (QED) is 0.0226. The van der Waals surface area contributed by atoms with Crippen LogP contribution in [0.2, 0.25) is 32.4 Å². The maximum atomic E-state index is 12.2. The standard InChI is InChI=1S/C19H15ClN4O3.C18H15ClN4O2.C12H11ClN2.C8H8N2O4.C6H4N2O4.3CH3.Al.Cl2OS/c1-27-19(26)16-7-6-15(23-24-16)18(25)22-17-8-5-13(11-21-17)9-12-3-2-4-14(20)10-12;19-14-3-1-2-12(9-14)8-13-4-7-17(20-10-13)21-18(25)16-6-5-15(11-24)22-23-16;13-11-3-1-2-9(7-11)6-10-4-5-12(14)15-8-10;1-13-7(11)5-3-4-6(10-9-5)8(12)14-2;9-5(10)3-1-2-4(6(11)12)8-7-3;;;;;1-4(2)3/h2-8,10-11H,9H2,1H3,(H,21,22,25);1-7,9-10,24H,8,11H2,(H,20,21,25);1-5,7-8H,6H2,(H2,14,15);3-4H,1-2H3;1-2H,(H,9,10)(H,11,12);3*1H3;;. The van der Waals surface area contributed by atoms with Crippen molar-refractivity contribution < 1.29 is 67.3 Å². The molecule has 0 aliphatic rings. The zero-order valence-electron chi connectivity index (χ0n) is 54.3. The molecule has 101 heavy (non-hydrogen) atoms. The SMILES string of the molecule is COC(=O)c1ccc(C(=O)Nc2ccc(Cc3cccc(Cl)c3)cn2)nn1.COC(=O)c1ccc(C(=O)OC)nn1.Nc1ccc(Cc2cccc(Cl)c2)cn1.O=C(Nc1ccc(Cc2cccc(Cl)c2)cn1)c1ccc(CO)nn1.O=C(O)c1ccc(C(=O)O)nn1.O=S(Cl)Cl.[CH3][Al]([CH3])[CH3]. The number of nitrogens with two attached hydrogens (primary N) is 1. The molecule has 0 unspecified atom stereocenters. The lowest BCUT2D eigenvalue weighted by atomic mass is 10.1. The van der Waals surface area contributed by atoms with Gasteiger partial charge in [0.25, 0.3) is 26.0 Å². The van der Waals surface area contributed by atoms with Crippen molar-refractivity contribution in [1.29, 1.82) is 0 Å². The number of amides is 2. The number of carbonyl (C=O) groups excluding carboxylic acids is 5. The van der Waals surface area contributed by atoms with Crippen molar-refractivity contribution in [1.82, 2.24) is 55.7 Å². The highest BCUT2D eigenvalue weighted by Crippen LogP contribution is 2.19. The Kier molecular flexibility index (Phi) is 36.7. The van der Waals surface area contributed by atoms with E-state index in [9.17, 15) is 33.6 Å². The minimum Gasteiger partial charge on any atom is -0.476 e. The molecular weight excluding hydrogens is 1450 g/mol. The largest absolute Gasteiger partial charge is 0.476 e. The summed E-state index contributed by atoms with van der Waals surface area (Å²) in [4.78, 5) is 90.4. The highest BCUT2D eigenvalue weighted by Gasteiger charge is 2.16. The fraction of sp³-hybridized carbons (Fsp3) is 0.152. The molecule has 10 rings (SSSR count). The Labute approximate surface area is 608 Å². The number of nitrogens with zero attached hydrogens (tertiary/aromatic N) is 11. The van der Waals surface area contributed by atoms with Gasteiger partial charge in [-0.05, 0) is 156 Å². The van der Waals surface area contributed by atoms with Crippen molar-refractivity contribution in [3.05, 3.63) is 270 Å². The van der Waals surface area contributed by atoms with Crippen LogP contribution >= 0.6 is 56.2 Å². The first-order valence-electron chi connectivity index (χ1n) is 29.1. The minimum absolute atomic E-state index is 0.0255. The fourth-order valence-corrected chi connectivity index (χ4v) is 7.95. The summed E-state index contributed by atoms with van der Waals surface area (Å²) in [6.07, 6.45) is 7.39. The number of rotatable bonds is 16. The molecule has 2 amide bonds. The number of carboxylic acid groups (broad SMARTS) is 2. The number of aromatic carboxylic acids is 2. The van der Waals surface area contributed by atoms with Crippen LogP contribution in [0.5, 0.6) is 0 Å². The Balaban J connectivity index is 0.000000268. The number of benzene rings is 3. The number of hydrogen-bond acceptors (Lipinski definition) is 24. The number of methoxy groups -OCH3 is 3. The zero-order valence-corrected chi connectivity index (χ0v) is 60.0. The van der Waals surface area contributed by atoms with E-state index in [1.54, 1.807) is 42.9 Å². The summed E-state index contributed by atoms with van der Waals surface area (Å²) in [6.45, 7) is -0.218. The molecule has 0 bridgehead atoms. The zero-order chi connectivity index (χ0) is 74.4. The molecule has 28 nitrogen and oxygen atoms in total. The summed E-state index contributed by atoms with van der Waals surface area (Å²) >= 11 is 17.7. The van der Waals surface area contributed by atoms with Gasteiger partial charge in [0.15, 0.2) is 39.9 Å². The summed E-state index contributed by atoms with van der Waals surface area (Å²) < 4.78 is 22.4. The molecule has 0 fully saturated rings. The molecule has 0 radical (unpaired) electrons. The van der Waals surface area contributed by atoms with E-state index in [4.69, 9.17) is 60.1 Å². The number of anilines is 3. The summed E-state index contributed by atoms with van der Waals surface area (Å²) in [5, 5.41) is 61.3. The lowest BCUT2D eigenvalue weighted by Gasteiger charge is -2.06. The summed E-state index contributed by atoms with van der Waals surface area (Å²) in [5.74, 6) is 3.08. The third-order valence-electron chi connectivity index (χ3n) is 11.8. The van der Waals surface area contributed by atoms with Crippen molar-refractivity contribution in [2.75, 3.05) is 37.7 Å². The van der Waals surface area contributed by atoms with E-state index in [1.807, 2.05) is 91.0 Å². The molecule has 0 atom stereocenters. The molecule has 35 heteroatoms. The molecule has 7 aromatic heterocycles. The number of hydrogen-bond donors (Lipinski definition) is 6. The van der Waals surface area contributed by atoms with Crippen molar-refractivity contribution in [2.45, 2.75) is 43.2 Å². The van der Waals surface area contributed by atoms with Crippen LogP contribution in [0, 0.1) is 0 Å². The molecule has 7 heterocycles. The fourth-order valence-electron chi connectivity index (χ4n) is 7.31. The number of nitrogen functional groups attached to an aromatic ring is 1. The number of ether oxygens (including phenoxy) is 3. The number of aromatic nitrogens is 11. The minimum atomic E-state index is -1.67. The Morgan fingerprint density at radius 2 is 0.733 bits per heavy atom. The van der Waals surface area contributed by atoms with Gasteiger partial charge in [0.1, 0.15) is 17.5 Å². The maximum Gasteiger partial charge on any atom is 0.358 e. The van der Waals surface area contributed by atoms with Crippen LogP contribution in [-0.4, -0.2) is 152 Å². The van der Waals surface area contributed by atoms with Gasteiger partial charge in [-0.25, -0.2) is 43.1 Å². The molecule has 524 valence electrons. The summed E-state index contributed by atoms with van der Waals surface area (Å²) in [5.41, 5.74) is 12.1. The number of nitrogens with one attached hydrogen (secondary N) is 2. The second-order valence-corrected chi connectivity index (χ2v) is 27.8. The molecule has 7 N–H and O–H groups in total. The molecule has 0 saturated carbocycles. The van der Waals surface area contributed by atoms with Crippen molar-refractivity contribution in [2.24, 2.45) is 0 Å². The highest BCUT2D eigenvalue weighted by molar-refractivity contribution is 8.26. The van der Waals surface area contributed by atoms with Gasteiger partial charge < -0.3 is 45.9 Å². The summed E-state index contributed by atoms with van der Waals surface area (Å²) in [7, 11) is 11.1. The van der Waals surface area contributed by atoms with Crippen LogP contribution in [-0.2, 0) is 49.3 Å². The van der Waals surface area contributed by atoms with Crippen LogP contribution in [0.25, 0.3) is 0 Å². The van der Waals surface area contributed by atoms with Crippen LogP contribution in [0.4, 0.5) is 17.5 Å². The lowest BCUT2D eigenvalue weighted by molar-refractivity contribution is 0.0573. The maximum absolute atomic E-state index is 12.2. The van der Waals surface area contributed by atoms with Crippen LogP contribution < -0.4 is 16.4 Å². The third kappa shape index (κ3) is 32.4.